The van der Waals surface area contributed by atoms with Crippen LogP contribution >= 0.6 is 0 Å². The van der Waals surface area contributed by atoms with Crippen molar-refractivity contribution in [3.8, 4) is 5.75 Å². The summed E-state index contributed by atoms with van der Waals surface area (Å²) in [6.45, 7) is 5.69. The van der Waals surface area contributed by atoms with Gasteiger partial charge in [-0.15, -0.1) is 0 Å². The van der Waals surface area contributed by atoms with Gasteiger partial charge in [0.15, 0.2) is 0 Å². The number of nitrogens with zero attached hydrogens (tertiary/aromatic N) is 3. The Kier molecular flexibility index (Phi) is 5.66. The molecule has 0 unspecified atom stereocenters. The standard InChI is InChI=1S/C21H27N3O2/c1-4-26-20-11-6-5-10-19(20)23-12-14-24(15-13-23)21(25)17-8-7-9-18(16-17)22(2)3/h5-11,16H,4,12-15H2,1-3H3. The van der Waals surface area contributed by atoms with Crippen LogP contribution in [0.5, 0.6) is 5.75 Å². The molecule has 5 nitrogen and oxygen atoms in total. The van der Waals surface area contributed by atoms with Crippen molar-refractivity contribution in [3.63, 3.8) is 0 Å². The van der Waals surface area contributed by atoms with Crippen molar-refractivity contribution >= 4 is 17.3 Å². The molecule has 0 bridgehead atoms. The smallest absolute Gasteiger partial charge is 0.254 e. The lowest BCUT2D eigenvalue weighted by Gasteiger charge is -2.36. The highest BCUT2D eigenvalue weighted by Crippen LogP contribution is 2.29. The number of carbonyl (C=O) groups is 1. The number of amides is 1. The topological polar surface area (TPSA) is 36.0 Å². The minimum Gasteiger partial charge on any atom is -0.492 e. The number of benzene rings is 2. The molecule has 1 heterocycles. The Morgan fingerprint density at radius 1 is 1.04 bits per heavy atom. The number of para-hydroxylation sites is 2. The number of carbonyl (C=O) groups excluding carboxylic acids is 1. The average Bonchev–Trinajstić information content (AvgIpc) is 2.68. The lowest BCUT2D eigenvalue weighted by atomic mass is 10.1. The van der Waals surface area contributed by atoms with E-state index in [0.29, 0.717) is 19.7 Å². The van der Waals surface area contributed by atoms with Crippen LogP contribution in [0.15, 0.2) is 48.5 Å². The molecule has 0 radical (unpaired) electrons. The third-order valence-electron chi connectivity index (χ3n) is 4.68. The first-order valence-electron chi connectivity index (χ1n) is 9.13. The second-order valence-electron chi connectivity index (χ2n) is 6.62. The zero-order valence-electron chi connectivity index (χ0n) is 15.8. The first-order valence-corrected chi connectivity index (χ1v) is 9.13. The molecule has 0 spiro atoms. The van der Waals surface area contributed by atoms with E-state index < -0.39 is 0 Å². The number of hydrogen-bond acceptors (Lipinski definition) is 4. The predicted octanol–water partition coefficient (Wildman–Crippen LogP) is 3.11. The molecular weight excluding hydrogens is 326 g/mol. The summed E-state index contributed by atoms with van der Waals surface area (Å²) in [7, 11) is 3.97. The minimum atomic E-state index is 0.103. The Balaban J connectivity index is 1.67. The van der Waals surface area contributed by atoms with Crippen LogP contribution in [0.25, 0.3) is 0 Å². The molecule has 0 N–H and O–H groups in total. The summed E-state index contributed by atoms with van der Waals surface area (Å²) in [5, 5.41) is 0. The fraction of sp³-hybridized carbons (Fsp3) is 0.381. The van der Waals surface area contributed by atoms with E-state index in [1.54, 1.807) is 0 Å². The maximum Gasteiger partial charge on any atom is 0.254 e. The molecule has 5 heteroatoms. The Hall–Kier alpha value is -2.69. The summed E-state index contributed by atoms with van der Waals surface area (Å²) in [5.41, 5.74) is 2.90. The highest BCUT2D eigenvalue weighted by molar-refractivity contribution is 5.95. The van der Waals surface area contributed by atoms with Gasteiger partial charge in [-0.1, -0.05) is 18.2 Å². The van der Waals surface area contributed by atoms with Crippen LogP contribution in [0.4, 0.5) is 11.4 Å². The van der Waals surface area contributed by atoms with E-state index in [-0.39, 0.29) is 5.91 Å². The fourth-order valence-corrected chi connectivity index (χ4v) is 3.25. The molecule has 26 heavy (non-hydrogen) atoms. The molecule has 0 saturated carbocycles. The van der Waals surface area contributed by atoms with Crippen molar-refractivity contribution in [1.29, 1.82) is 0 Å². The third kappa shape index (κ3) is 3.93. The summed E-state index contributed by atoms with van der Waals surface area (Å²) >= 11 is 0. The number of ether oxygens (including phenoxy) is 1. The highest BCUT2D eigenvalue weighted by atomic mass is 16.5. The SMILES string of the molecule is CCOc1ccccc1N1CCN(C(=O)c2cccc(N(C)C)c2)CC1. The van der Waals surface area contributed by atoms with Crippen LogP contribution in [-0.2, 0) is 0 Å². The Morgan fingerprint density at radius 2 is 1.77 bits per heavy atom. The van der Waals surface area contributed by atoms with Gasteiger partial charge in [-0.25, -0.2) is 0 Å². The van der Waals surface area contributed by atoms with Crippen LogP contribution in [0.1, 0.15) is 17.3 Å². The van der Waals surface area contributed by atoms with Gasteiger partial charge in [0.05, 0.1) is 12.3 Å². The van der Waals surface area contributed by atoms with Gasteiger partial charge in [-0.2, -0.15) is 0 Å². The monoisotopic (exact) mass is 353 g/mol. The summed E-state index contributed by atoms with van der Waals surface area (Å²) in [4.78, 5) is 19.1. The minimum absolute atomic E-state index is 0.103. The van der Waals surface area contributed by atoms with Crippen LogP contribution < -0.4 is 14.5 Å². The molecule has 1 aliphatic rings. The predicted molar refractivity (Wildman–Crippen MR) is 106 cm³/mol. The van der Waals surface area contributed by atoms with Gasteiger partial charge >= 0.3 is 0 Å². The second-order valence-corrected chi connectivity index (χ2v) is 6.62. The van der Waals surface area contributed by atoms with E-state index in [2.05, 4.69) is 11.0 Å². The van der Waals surface area contributed by atoms with Crippen molar-refractivity contribution in [3.05, 3.63) is 54.1 Å². The Morgan fingerprint density at radius 3 is 2.46 bits per heavy atom. The number of piperazine rings is 1. The molecule has 1 aliphatic heterocycles. The molecule has 1 amide bonds. The van der Waals surface area contributed by atoms with E-state index in [0.717, 1.165) is 35.8 Å². The summed E-state index contributed by atoms with van der Waals surface area (Å²) < 4.78 is 5.74. The van der Waals surface area contributed by atoms with Crippen molar-refractivity contribution < 1.29 is 9.53 Å². The van der Waals surface area contributed by atoms with E-state index >= 15 is 0 Å². The zero-order valence-corrected chi connectivity index (χ0v) is 15.8. The van der Waals surface area contributed by atoms with Crippen molar-refractivity contribution in [2.75, 3.05) is 56.7 Å². The molecule has 2 aromatic rings. The van der Waals surface area contributed by atoms with Crippen molar-refractivity contribution in [2.45, 2.75) is 6.92 Å². The largest absolute Gasteiger partial charge is 0.492 e. The number of hydrogen-bond donors (Lipinski definition) is 0. The van der Waals surface area contributed by atoms with Gasteiger partial charge < -0.3 is 19.4 Å². The summed E-state index contributed by atoms with van der Waals surface area (Å²) in [6.07, 6.45) is 0. The second kappa shape index (κ2) is 8.13. The Bertz CT molecular complexity index is 752. The Labute approximate surface area is 155 Å². The average molecular weight is 353 g/mol. The van der Waals surface area contributed by atoms with Gasteiger partial charge in [0.25, 0.3) is 5.91 Å². The normalized spacial score (nSPS) is 14.3. The molecule has 2 aromatic carbocycles. The summed E-state index contributed by atoms with van der Waals surface area (Å²) in [6, 6.07) is 15.9. The highest BCUT2D eigenvalue weighted by Gasteiger charge is 2.24. The zero-order chi connectivity index (χ0) is 18.5. The van der Waals surface area contributed by atoms with Crippen LogP contribution in [-0.4, -0.2) is 57.7 Å². The maximum absolute atomic E-state index is 12.9. The lowest BCUT2D eigenvalue weighted by molar-refractivity contribution is 0.0746. The third-order valence-corrected chi connectivity index (χ3v) is 4.68. The van der Waals surface area contributed by atoms with Gasteiger partial charge in [0, 0.05) is 51.5 Å². The van der Waals surface area contributed by atoms with Gasteiger partial charge in [0.1, 0.15) is 5.75 Å². The van der Waals surface area contributed by atoms with E-state index in [1.807, 2.05) is 73.3 Å². The van der Waals surface area contributed by atoms with E-state index in [9.17, 15) is 4.79 Å². The molecule has 1 saturated heterocycles. The number of anilines is 2. The molecule has 0 aromatic heterocycles. The summed E-state index contributed by atoms with van der Waals surface area (Å²) in [5.74, 6) is 1.01. The number of rotatable bonds is 5. The van der Waals surface area contributed by atoms with Crippen LogP contribution in [0.3, 0.4) is 0 Å². The molecule has 1 fully saturated rings. The van der Waals surface area contributed by atoms with E-state index in [4.69, 9.17) is 4.74 Å². The first-order chi connectivity index (χ1) is 12.6. The van der Waals surface area contributed by atoms with E-state index in [1.165, 1.54) is 0 Å². The quantitative estimate of drug-likeness (QED) is 0.827. The molecule has 138 valence electrons. The fourth-order valence-electron chi connectivity index (χ4n) is 3.25. The van der Waals surface area contributed by atoms with Gasteiger partial charge in [-0.3, -0.25) is 4.79 Å². The molecule has 0 atom stereocenters. The van der Waals surface area contributed by atoms with Crippen LogP contribution in [0.2, 0.25) is 0 Å². The maximum atomic E-state index is 12.9. The molecule has 3 rings (SSSR count). The van der Waals surface area contributed by atoms with Crippen molar-refractivity contribution in [1.82, 2.24) is 4.90 Å². The molecular formula is C21H27N3O2. The van der Waals surface area contributed by atoms with Gasteiger partial charge in [-0.05, 0) is 37.3 Å². The lowest BCUT2D eigenvalue weighted by Crippen LogP contribution is -2.48. The molecule has 0 aliphatic carbocycles. The first kappa shape index (κ1) is 18.1. The van der Waals surface area contributed by atoms with Crippen molar-refractivity contribution in [2.24, 2.45) is 0 Å². The van der Waals surface area contributed by atoms with Gasteiger partial charge in [0.2, 0.25) is 0 Å². The van der Waals surface area contributed by atoms with Crippen LogP contribution in [0, 0.1) is 0 Å².